The van der Waals surface area contributed by atoms with Crippen LogP contribution in [0.25, 0.3) is 0 Å². The summed E-state index contributed by atoms with van der Waals surface area (Å²) in [5.74, 6) is -0.975. The van der Waals surface area contributed by atoms with Crippen molar-refractivity contribution in [3.63, 3.8) is 0 Å². The van der Waals surface area contributed by atoms with Gasteiger partial charge in [0.05, 0.1) is 6.42 Å². The summed E-state index contributed by atoms with van der Waals surface area (Å²) in [5.41, 5.74) is 1.92. The van der Waals surface area contributed by atoms with Gasteiger partial charge in [0.15, 0.2) is 0 Å². The zero-order chi connectivity index (χ0) is 24.5. The largest absolute Gasteiger partial charge is 0.352 e. The van der Waals surface area contributed by atoms with Crippen molar-refractivity contribution in [3.8, 4) is 0 Å². The van der Waals surface area contributed by atoms with E-state index in [9.17, 15) is 14.0 Å². The predicted octanol–water partition coefficient (Wildman–Crippen LogP) is 5.58. The molecule has 3 rings (SSSR count). The molecule has 6 heteroatoms. The highest BCUT2D eigenvalue weighted by molar-refractivity contribution is 6.31. The predicted molar refractivity (Wildman–Crippen MR) is 134 cm³/mol. The number of nitrogens with one attached hydrogen (secondary N) is 1. The molecule has 2 atom stereocenters. The van der Waals surface area contributed by atoms with Gasteiger partial charge >= 0.3 is 0 Å². The van der Waals surface area contributed by atoms with E-state index in [0.717, 1.165) is 12.0 Å². The number of amides is 2. The second-order valence-corrected chi connectivity index (χ2v) is 8.81. The van der Waals surface area contributed by atoms with Crippen molar-refractivity contribution >= 4 is 23.4 Å². The average Bonchev–Trinajstić information content (AvgIpc) is 2.84. The first-order valence-electron chi connectivity index (χ1n) is 11.5. The van der Waals surface area contributed by atoms with Crippen molar-refractivity contribution < 1.29 is 14.0 Å². The molecule has 1 N–H and O–H groups in total. The van der Waals surface area contributed by atoms with Gasteiger partial charge in [-0.1, -0.05) is 85.3 Å². The van der Waals surface area contributed by atoms with E-state index in [1.54, 1.807) is 36.4 Å². The lowest BCUT2D eigenvalue weighted by molar-refractivity contribution is -0.141. The molecule has 0 spiro atoms. The number of carbonyl (C=O) groups excluding carboxylic acids is 2. The van der Waals surface area contributed by atoms with Crippen LogP contribution in [0.4, 0.5) is 4.39 Å². The zero-order valence-corrected chi connectivity index (χ0v) is 20.3. The minimum Gasteiger partial charge on any atom is -0.352 e. The maximum absolute atomic E-state index is 14.6. The van der Waals surface area contributed by atoms with Gasteiger partial charge in [0.2, 0.25) is 11.8 Å². The molecule has 0 radical (unpaired) electrons. The minimum absolute atomic E-state index is 0.00995. The van der Waals surface area contributed by atoms with Gasteiger partial charge in [-0.25, -0.2) is 4.39 Å². The second kappa shape index (κ2) is 12.3. The van der Waals surface area contributed by atoms with Gasteiger partial charge in [-0.15, -0.1) is 0 Å². The third-order valence-electron chi connectivity index (χ3n) is 5.87. The Bertz CT molecular complexity index is 1110. The van der Waals surface area contributed by atoms with Crippen LogP contribution in [0.3, 0.4) is 0 Å². The normalized spacial score (nSPS) is 12.6. The van der Waals surface area contributed by atoms with E-state index in [4.69, 9.17) is 11.6 Å². The van der Waals surface area contributed by atoms with Crippen molar-refractivity contribution in [2.45, 2.75) is 51.7 Å². The summed E-state index contributed by atoms with van der Waals surface area (Å²) in [6.45, 7) is 3.88. The summed E-state index contributed by atoms with van der Waals surface area (Å²) in [4.78, 5) is 28.5. The molecule has 4 nitrogen and oxygen atoms in total. The summed E-state index contributed by atoms with van der Waals surface area (Å²) in [7, 11) is 0. The quantitative estimate of drug-likeness (QED) is 0.412. The summed E-state index contributed by atoms with van der Waals surface area (Å²) in [6, 6.07) is 22.1. The zero-order valence-electron chi connectivity index (χ0n) is 19.5. The molecule has 3 aromatic carbocycles. The molecule has 0 aliphatic carbocycles. The molecule has 0 bridgehead atoms. The Balaban J connectivity index is 2.00. The first-order chi connectivity index (χ1) is 16.4. The number of rotatable bonds is 10. The van der Waals surface area contributed by atoms with Crippen LogP contribution in [0.1, 0.15) is 37.0 Å². The number of halogens is 2. The maximum atomic E-state index is 14.6. The number of benzene rings is 3. The van der Waals surface area contributed by atoms with E-state index >= 15 is 0 Å². The molecule has 2 amide bonds. The van der Waals surface area contributed by atoms with Crippen LogP contribution >= 0.6 is 11.6 Å². The van der Waals surface area contributed by atoms with Gasteiger partial charge in [-0.3, -0.25) is 9.59 Å². The van der Waals surface area contributed by atoms with Crippen LogP contribution in [0.2, 0.25) is 5.02 Å². The van der Waals surface area contributed by atoms with Gasteiger partial charge < -0.3 is 10.2 Å². The molecule has 0 aliphatic heterocycles. The Kier molecular flexibility index (Phi) is 9.23. The Labute approximate surface area is 205 Å². The first kappa shape index (κ1) is 25.4. The smallest absolute Gasteiger partial charge is 0.243 e. The van der Waals surface area contributed by atoms with E-state index < -0.39 is 11.9 Å². The molecule has 0 unspecified atom stereocenters. The average molecular weight is 481 g/mol. The molecule has 0 aromatic heterocycles. The van der Waals surface area contributed by atoms with Gasteiger partial charge in [-0.05, 0) is 36.6 Å². The van der Waals surface area contributed by atoms with Crippen LogP contribution in [-0.4, -0.2) is 28.8 Å². The Morgan fingerprint density at radius 1 is 0.941 bits per heavy atom. The first-order valence-corrected chi connectivity index (χ1v) is 11.9. The van der Waals surface area contributed by atoms with Crippen LogP contribution in [0.5, 0.6) is 0 Å². The lowest BCUT2D eigenvalue weighted by Crippen LogP contribution is -2.52. The van der Waals surface area contributed by atoms with Crippen LogP contribution in [0.15, 0.2) is 78.9 Å². The fraction of sp³-hybridized carbons (Fsp3) is 0.286. The number of hydrogen-bond donors (Lipinski definition) is 1. The lowest BCUT2D eigenvalue weighted by atomic mass is 10.0. The molecule has 3 aromatic rings. The van der Waals surface area contributed by atoms with E-state index in [1.807, 2.05) is 50.2 Å². The van der Waals surface area contributed by atoms with Gasteiger partial charge in [-0.2, -0.15) is 0 Å². The van der Waals surface area contributed by atoms with Crippen molar-refractivity contribution in [3.05, 3.63) is 106 Å². The fourth-order valence-electron chi connectivity index (χ4n) is 3.71. The highest BCUT2D eigenvalue weighted by Crippen LogP contribution is 2.21. The Morgan fingerprint density at radius 3 is 2.21 bits per heavy atom. The van der Waals surface area contributed by atoms with Crippen LogP contribution in [0, 0.1) is 5.82 Å². The van der Waals surface area contributed by atoms with Crippen molar-refractivity contribution in [2.75, 3.05) is 0 Å². The van der Waals surface area contributed by atoms with E-state index in [1.165, 1.54) is 11.0 Å². The molecule has 0 aliphatic rings. The fourth-order valence-corrected chi connectivity index (χ4v) is 3.91. The highest BCUT2D eigenvalue weighted by Gasteiger charge is 2.31. The van der Waals surface area contributed by atoms with E-state index in [-0.39, 0.29) is 30.8 Å². The van der Waals surface area contributed by atoms with Crippen molar-refractivity contribution in [1.29, 1.82) is 0 Å². The van der Waals surface area contributed by atoms with E-state index in [0.29, 0.717) is 22.6 Å². The minimum atomic E-state index is -0.814. The lowest BCUT2D eigenvalue weighted by Gasteiger charge is -2.32. The molecule has 0 saturated heterocycles. The molecule has 34 heavy (non-hydrogen) atoms. The van der Waals surface area contributed by atoms with Gasteiger partial charge in [0, 0.05) is 29.6 Å². The third-order valence-corrected chi connectivity index (χ3v) is 6.24. The number of hydrogen-bond acceptors (Lipinski definition) is 2. The number of carbonyl (C=O) groups is 2. The van der Waals surface area contributed by atoms with Crippen LogP contribution in [-0.2, 0) is 29.0 Å². The van der Waals surface area contributed by atoms with Crippen molar-refractivity contribution in [2.24, 2.45) is 0 Å². The summed E-state index contributed by atoms with van der Waals surface area (Å²) >= 11 is 6.31. The molecule has 0 heterocycles. The van der Waals surface area contributed by atoms with Gasteiger partial charge in [0.25, 0.3) is 0 Å². The standard InChI is InChI=1S/C28H30ClFN2O2/c1-3-20(2)31-28(34)26(17-21-11-5-4-6-12-21)32(19-23-14-8-10-16-25(23)30)27(33)18-22-13-7-9-15-24(22)29/h4-16,20,26H,3,17-19H2,1-2H3,(H,31,34)/t20-,26-/m0/s1. The molecule has 0 fully saturated rings. The monoisotopic (exact) mass is 480 g/mol. The maximum Gasteiger partial charge on any atom is 0.243 e. The number of nitrogens with zero attached hydrogens (tertiary/aromatic N) is 1. The molecule has 178 valence electrons. The highest BCUT2D eigenvalue weighted by atomic mass is 35.5. The third kappa shape index (κ3) is 6.91. The second-order valence-electron chi connectivity index (χ2n) is 8.40. The SMILES string of the molecule is CC[C@H](C)NC(=O)[C@H](Cc1ccccc1)N(Cc1ccccc1F)C(=O)Cc1ccccc1Cl. The topological polar surface area (TPSA) is 49.4 Å². The summed E-state index contributed by atoms with van der Waals surface area (Å²) < 4.78 is 14.6. The molecular formula is C28H30ClFN2O2. The molecular weight excluding hydrogens is 451 g/mol. The Hall–Kier alpha value is -3.18. The summed E-state index contributed by atoms with van der Waals surface area (Å²) in [5, 5.41) is 3.49. The summed E-state index contributed by atoms with van der Waals surface area (Å²) in [6.07, 6.45) is 1.08. The van der Waals surface area contributed by atoms with Crippen molar-refractivity contribution in [1.82, 2.24) is 10.2 Å². The Morgan fingerprint density at radius 2 is 1.56 bits per heavy atom. The van der Waals surface area contributed by atoms with Gasteiger partial charge in [0.1, 0.15) is 11.9 Å². The molecule has 0 saturated carbocycles. The van der Waals surface area contributed by atoms with Crippen LogP contribution < -0.4 is 5.32 Å². The van der Waals surface area contributed by atoms with E-state index in [2.05, 4.69) is 5.32 Å².